The molecular weight excluding hydrogens is 1090 g/mol. The van der Waals surface area contributed by atoms with Gasteiger partial charge in [-0.15, -0.1) is 0 Å². The van der Waals surface area contributed by atoms with Crippen molar-refractivity contribution >= 4 is 90.9 Å². The largest absolute Gasteiger partial charge is 0.492 e. The van der Waals surface area contributed by atoms with Crippen LogP contribution in [0.25, 0.3) is 21.8 Å². The van der Waals surface area contributed by atoms with Crippen LogP contribution in [-0.4, -0.2) is 86.1 Å². The number of amides is 2. The summed E-state index contributed by atoms with van der Waals surface area (Å²) in [7, 11) is 7.64. The molecule has 0 radical (unpaired) electrons. The average Bonchev–Trinajstić information content (AvgIpc) is 3.22. The van der Waals surface area contributed by atoms with E-state index >= 15 is 0 Å². The fourth-order valence-corrected chi connectivity index (χ4v) is 8.44. The molecule has 2 amide bonds. The zero-order chi connectivity index (χ0) is 58.7. The summed E-state index contributed by atoms with van der Waals surface area (Å²) in [6, 6.07) is 33.8. The van der Waals surface area contributed by atoms with Crippen LogP contribution in [0, 0.1) is 34.3 Å². The van der Waals surface area contributed by atoms with E-state index in [-0.39, 0.29) is 36.7 Å². The van der Waals surface area contributed by atoms with Crippen LogP contribution in [0.5, 0.6) is 23.0 Å². The molecule has 0 spiro atoms. The molecule has 0 aliphatic heterocycles. The minimum atomic E-state index is -0.341. The van der Waals surface area contributed by atoms with Gasteiger partial charge in [-0.05, 0) is 126 Å². The van der Waals surface area contributed by atoms with Crippen LogP contribution in [0.2, 0.25) is 10.0 Å². The Labute approximate surface area is 484 Å². The van der Waals surface area contributed by atoms with E-state index in [1.165, 1.54) is 48.8 Å². The van der Waals surface area contributed by atoms with Crippen molar-refractivity contribution in [1.82, 2.24) is 19.8 Å². The molecule has 0 aliphatic rings. The maximum absolute atomic E-state index is 13.5. The fraction of sp³-hybridized carbons (Fsp3) is 0.194. The summed E-state index contributed by atoms with van der Waals surface area (Å²) in [5.74, 6) is 0.461. The van der Waals surface area contributed by atoms with Crippen molar-refractivity contribution in [2.45, 2.75) is 27.1 Å². The molecule has 8 rings (SSSR count). The Morgan fingerprint density at radius 2 is 0.988 bits per heavy atom. The van der Waals surface area contributed by atoms with Gasteiger partial charge in [0.1, 0.15) is 60.0 Å². The molecule has 82 heavy (non-hydrogen) atoms. The molecule has 16 nitrogen and oxygen atoms in total. The van der Waals surface area contributed by atoms with E-state index in [1.807, 2.05) is 51.8 Å². The number of rotatable bonds is 22. The van der Waals surface area contributed by atoms with Gasteiger partial charge in [-0.3, -0.25) is 19.6 Å². The highest BCUT2D eigenvalue weighted by molar-refractivity contribution is 6.32. The lowest BCUT2D eigenvalue weighted by molar-refractivity contribution is -0.112. The minimum absolute atomic E-state index is 0.152. The third kappa shape index (κ3) is 16.9. The van der Waals surface area contributed by atoms with Crippen LogP contribution >= 0.6 is 23.2 Å². The van der Waals surface area contributed by atoms with Crippen molar-refractivity contribution in [2.75, 3.05) is 75.8 Å². The third-order valence-electron chi connectivity index (χ3n) is 11.7. The number of benzene rings is 6. The van der Waals surface area contributed by atoms with Crippen molar-refractivity contribution in [3.63, 3.8) is 0 Å². The summed E-state index contributed by atoms with van der Waals surface area (Å²) in [5.41, 5.74) is 6.14. The van der Waals surface area contributed by atoms with Gasteiger partial charge in [-0.25, -0.2) is 8.78 Å². The maximum atomic E-state index is 13.5. The van der Waals surface area contributed by atoms with Crippen molar-refractivity contribution in [3.8, 4) is 35.1 Å². The zero-order valence-corrected chi connectivity index (χ0v) is 47.3. The highest BCUT2D eigenvalue weighted by Gasteiger charge is 2.19. The Balaban J connectivity index is 0.000000236. The number of nitriles is 2. The first kappa shape index (κ1) is 60.3. The number of hydrogen-bond acceptors (Lipinski definition) is 14. The maximum Gasteiger partial charge on any atom is 0.248 e. The van der Waals surface area contributed by atoms with E-state index in [0.717, 1.165) is 0 Å². The van der Waals surface area contributed by atoms with Gasteiger partial charge in [-0.2, -0.15) is 10.5 Å². The molecule has 8 aromatic rings. The summed E-state index contributed by atoms with van der Waals surface area (Å²) in [4.78, 5) is 38.0. The number of anilines is 6. The van der Waals surface area contributed by atoms with E-state index in [2.05, 4.69) is 43.4 Å². The number of pyridine rings is 2. The van der Waals surface area contributed by atoms with Gasteiger partial charge in [0.05, 0.1) is 68.2 Å². The molecule has 6 aromatic carbocycles. The molecule has 0 fully saturated rings. The standard InChI is InChI=1S/2C31H29ClFN5O3/c2*1-4-40-29-16-26-24(15-27(29)37-30(39)9-6-12-38(2)3)31(21(17-34)18-35-26)36-23-10-11-28(25(32)14-23)41-19-20-7-5-8-22(33)13-20/h2*5-11,13-16,18H,4,12,19H2,1-3H3,(H,35,36)(H,37,39)/b2*9-6+. The highest BCUT2D eigenvalue weighted by Crippen LogP contribution is 2.40. The Bertz CT molecular complexity index is 3510. The smallest absolute Gasteiger partial charge is 0.248 e. The predicted molar refractivity (Wildman–Crippen MR) is 319 cm³/mol. The van der Waals surface area contributed by atoms with E-state index in [1.54, 1.807) is 97.1 Å². The lowest BCUT2D eigenvalue weighted by Crippen LogP contribution is -2.13. The number of aromatic nitrogens is 2. The van der Waals surface area contributed by atoms with Crippen LogP contribution in [0.1, 0.15) is 36.1 Å². The summed E-state index contributed by atoms with van der Waals surface area (Å²) in [6.07, 6.45) is 9.38. The summed E-state index contributed by atoms with van der Waals surface area (Å²) in [6.45, 7) is 6.01. The third-order valence-corrected chi connectivity index (χ3v) is 12.3. The van der Waals surface area contributed by atoms with Gasteiger partial charge in [0.25, 0.3) is 0 Å². The average molecular weight is 1150 g/mol. The first-order chi connectivity index (χ1) is 39.5. The number of ether oxygens (including phenoxy) is 4. The van der Waals surface area contributed by atoms with E-state index in [9.17, 15) is 28.9 Å². The summed E-state index contributed by atoms with van der Waals surface area (Å²) in [5, 5.41) is 33.8. The number of carbonyl (C=O) groups is 2. The number of carbonyl (C=O) groups excluding carboxylic acids is 2. The van der Waals surface area contributed by atoms with Crippen LogP contribution in [0.4, 0.5) is 42.9 Å². The molecular formula is C62H58Cl2F2N10O6. The number of nitrogens with one attached hydrogen (secondary N) is 4. The van der Waals surface area contributed by atoms with Gasteiger partial charge in [0.2, 0.25) is 11.8 Å². The quantitative estimate of drug-likeness (QED) is 0.0467. The molecule has 0 aliphatic carbocycles. The predicted octanol–water partition coefficient (Wildman–Crippen LogP) is 13.4. The first-order valence-corrected chi connectivity index (χ1v) is 26.4. The van der Waals surface area contributed by atoms with Crippen molar-refractivity contribution in [3.05, 3.63) is 190 Å². The molecule has 420 valence electrons. The monoisotopic (exact) mass is 1150 g/mol. The van der Waals surface area contributed by atoms with E-state index in [0.29, 0.717) is 138 Å². The molecule has 0 bridgehead atoms. The van der Waals surface area contributed by atoms with Crippen LogP contribution < -0.4 is 40.2 Å². The Hall–Kier alpha value is -9.30. The number of halogens is 4. The molecule has 0 unspecified atom stereocenters. The number of fused-ring (bicyclic) bond motifs is 2. The van der Waals surface area contributed by atoms with Crippen molar-refractivity contribution < 1.29 is 37.3 Å². The molecule has 2 aromatic heterocycles. The SMILES string of the molecule is CCOc1cc2ncc(C#N)c(Nc3ccc(OCc4cccc(F)c4)c(Cl)c3)c2cc1NC(=O)/C=C/CN(C)C.CCOc1cc2ncc(C#N)c(Nc3ccc(OCc4cccc(F)c4)c(Cl)c3)c2cc1NC(=O)/C=C/CN(C)C. The molecule has 0 saturated carbocycles. The summed E-state index contributed by atoms with van der Waals surface area (Å²) >= 11 is 13.0. The van der Waals surface area contributed by atoms with Gasteiger partial charge in [-0.1, -0.05) is 59.6 Å². The number of likely N-dealkylation sites (N-methyl/N-ethyl adjacent to an activating group) is 2. The molecule has 20 heteroatoms. The molecule has 0 saturated heterocycles. The van der Waals surface area contributed by atoms with Crippen LogP contribution in [0.15, 0.2) is 146 Å². The molecule has 0 atom stereocenters. The normalized spacial score (nSPS) is 11.0. The van der Waals surface area contributed by atoms with Gasteiger partial charge < -0.3 is 50.0 Å². The van der Waals surface area contributed by atoms with Crippen LogP contribution in [0.3, 0.4) is 0 Å². The zero-order valence-electron chi connectivity index (χ0n) is 45.7. The highest BCUT2D eigenvalue weighted by atomic mass is 35.5. The molecule has 4 N–H and O–H groups in total. The topological polar surface area (TPSA) is 199 Å². The van der Waals surface area contributed by atoms with Crippen molar-refractivity contribution in [1.29, 1.82) is 10.5 Å². The molecule has 2 heterocycles. The lowest BCUT2D eigenvalue weighted by Gasteiger charge is -2.16. The minimum Gasteiger partial charge on any atom is -0.492 e. The van der Waals surface area contributed by atoms with Crippen LogP contribution in [-0.2, 0) is 22.8 Å². The van der Waals surface area contributed by atoms with Crippen molar-refractivity contribution in [2.24, 2.45) is 0 Å². The number of hydrogen-bond donors (Lipinski definition) is 4. The van der Waals surface area contributed by atoms with Gasteiger partial charge in [0, 0.05) is 71.9 Å². The second-order valence-electron chi connectivity index (χ2n) is 18.6. The second-order valence-corrected chi connectivity index (χ2v) is 19.4. The van der Waals surface area contributed by atoms with Gasteiger partial charge in [0.15, 0.2) is 0 Å². The van der Waals surface area contributed by atoms with Gasteiger partial charge >= 0.3 is 0 Å². The lowest BCUT2D eigenvalue weighted by atomic mass is 10.1. The Morgan fingerprint density at radius 1 is 0.573 bits per heavy atom. The summed E-state index contributed by atoms with van der Waals surface area (Å²) < 4.78 is 50.1. The van der Waals surface area contributed by atoms with E-state index in [4.69, 9.17) is 42.1 Å². The number of nitrogens with zero attached hydrogens (tertiary/aromatic N) is 6. The Kier molecular flexibility index (Phi) is 21.5. The Morgan fingerprint density at radius 3 is 1.34 bits per heavy atom. The van der Waals surface area contributed by atoms with E-state index < -0.39 is 0 Å². The fourth-order valence-electron chi connectivity index (χ4n) is 7.97. The first-order valence-electron chi connectivity index (χ1n) is 25.7. The second kappa shape index (κ2) is 29.2.